The molecule has 0 bridgehead atoms. The normalized spacial score (nSPS) is 10.6. The van der Waals surface area contributed by atoms with E-state index in [9.17, 15) is 22.8 Å². The second-order valence-electron chi connectivity index (χ2n) is 5.69. The first kappa shape index (κ1) is 21.1. The Morgan fingerprint density at radius 1 is 1.11 bits per heavy atom. The second-order valence-corrected chi connectivity index (χ2v) is 5.69. The van der Waals surface area contributed by atoms with Gasteiger partial charge in [-0.2, -0.15) is 8.78 Å². The highest BCUT2D eigenvalue weighted by atomic mass is 19.3. The average Bonchev–Trinajstić information content (AvgIpc) is 2.63. The summed E-state index contributed by atoms with van der Waals surface area (Å²) in [6, 6.07) is 9.46. The van der Waals surface area contributed by atoms with Gasteiger partial charge in [-0.3, -0.25) is 9.59 Å². The highest BCUT2D eigenvalue weighted by Gasteiger charge is 2.16. The van der Waals surface area contributed by atoms with Crippen molar-refractivity contribution in [3.05, 3.63) is 59.4 Å². The van der Waals surface area contributed by atoms with Gasteiger partial charge in [0.05, 0.1) is 12.2 Å². The first-order valence-electron chi connectivity index (χ1n) is 8.31. The van der Waals surface area contributed by atoms with Crippen LogP contribution in [0.15, 0.2) is 42.5 Å². The summed E-state index contributed by atoms with van der Waals surface area (Å²) in [6.07, 6.45) is 0.401. The molecule has 0 aromatic heterocycles. The van der Waals surface area contributed by atoms with Crippen LogP contribution in [0, 0.1) is 5.82 Å². The fourth-order valence-electron chi connectivity index (χ4n) is 2.27. The number of carbonyl (C=O) groups excluding carboxylic acids is 1. The Labute approximate surface area is 158 Å². The maximum absolute atomic E-state index is 13.2. The molecule has 2 aromatic carbocycles. The van der Waals surface area contributed by atoms with Crippen LogP contribution in [0.2, 0.25) is 0 Å². The third-order valence-corrected chi connectivity index (χ3v) is 3.58. The number of hydrogen-bond donors (Lipinski definition) is 2. The molecule has 2 rings (SSSR count). The minimum absolute atomic E-state index is 0.0186. The van der Waals surface area contributed by atoms with Crippen molar-refractivity contribution in [2.75, 3.05) is 6.61 Å². The molecule has 0 aliphatic rings. The van der Waals surface area contributed by atoms with Gasteiger partial charge in [-0.15, -0.1) is 0 Å². The molecule has 0 heterocycles. The number of aliphatic carboxylic acids is 1. The minimum Gasteiger partial charge on any atom is -0.494 e. The molecule has 0 fully saturated rings. The lowest BCUT2D eigenvalue weighted by molar-refractivity contribution is -0.137. The van der Waals surface area contributed by atoms with Gasteiger partial charge in [-0.25, -0.2) is 4.39 Å². The largest absolute Gasteiger partial charge is 0.494 e. The number of hydrogen-bond acceptors (Lipinski definition) is 4. The Morgan fingerprint density at radius 2 is 1.82 bits per heavy atom. The van der Waals surface area contributed by atoms with Crippen molar-refractivity contribution in [2.24, 2.45) is 0 Å². The molecule has 6 nitrogen and oxygen atoms in total. The molecule has 0 saturated heterocycles. The third-order valence-electron chi connectivity index (χ3n) is 3.58. The summed E-state index contributed by atoms with van der Waals surface area (Å²) in [6.45, 7) is -2.82. The van der Waals surface area contributed by atoms with Crippen LogP contribution in [0.25, 0.3) is 0 Å². The van der Waals surface area contributed by atoms with E-state index < -0.39 is 30.1 Å². The smallest absolute Gasteiger partial charge is 0.387 e. The van der Waals surface area contributed by atoms with E-state index >= 15 is 0 Å². The monoisotopic (exact) mass is 397 g/mol. The minimum atomic E-state index is -3.18. The molecular formula is C19H18F3NO5. The van der Waals surface area contributed by atoms with Crippen molar-refractivity contribution in [3.8, 4) is 11.5 Å². The number of amides is 1. The molecule has 2 N–H and O–H groups in total. The number of nitrogens with one attached hydrogen (secondary N) is 1. The predicted octanol–water partition coefficient (Wildman–Crippen LogP) is 3.60. The molecule has 0 aliphatic carbocycles. The Kier molecular flexibility index (Phi) is 7.67. The van der Waals surface area contributed by atoms with Crippen molar-refractivity contribution in [3.63, 3.8) is 0 Å². The Hall–Kier alpha value is -3.23. The van der Waals surface area contributed by atoms with Gasteiger partial charge in [0.15, 0.2) is 0 Å². The number of halogens is 3. The van der Waals surface area contributed by atoms with E-state index in [4.69, 9.17) is 9.84 Å². The molecule has 1 amide bonds. The molecule has 150 valence electrons. The Morgan fingerprint density at radius 3 is 2.46 bits per heavy atom. The molecule has 0 radical (unpaired) electrons. The van der Waals surface area contributed by atoms with E-state index in [1.165, 1.54) is 0 Å². The van der Waals surface area contributed by atoms with Crippen LogP contribution in [0.5, 0.6) is 11.5 Å². The Balaban J connectivity index is 1.90. The highest BCUT2D eigenvalue weighted by molar-refractivity contribution is 5.96. The molecule has 0 atom stereocenters. The zero-order chi connectivity index (χ0) is 20.5. The average molecular weight is 397 g/mol. The topological polar surface area (TPSA) is 84.9 Å². The van der Waals surface area contributed by atoms with Gasteiger partial charge in [-0.1, -0.05) is 12.1 Å². The molecule has 28 heavy (non-hydrogen) atoms. The number of carbonyl (C=O) groups is 2. The molecule has 0 saturated carbocycles. The van der Waals surface area contributed by atoms with Crippen molar-refractivity contribution in [1.29, 1.82) is 0 Å². The first-order valence-corrected chi connectivity index (χ1v) is 8.31. The number of rotatable bonds is 10. The van der Waals surface area contributed by atoms with E-state index in [1.54, 1.807) is 24.3 Å². The van der Waals surface area contributed by atoms with Crippen molar-refractivity contribution >= 4 is 11.9 Å². The lowest BCUT2D eigenvalue weighted by Gasteiger charge is -2.11. The van der Waals surface area contributed by atoms with E-state index in [0.29, 0.717) is 17.7 Å². The summed E-state index contributed by atoms with van der Waals surface area (Å²) in [4.78, 5) is 22.6. The fraction of sp³-hybridized carbons (Fsp3) is 0.263. The van der Waals surface area contributed by atoms with E-state index in [2.05, 4.69) is 10.1 Å². The third kappa shape index (κ3) is 6.82. The molecular weight excluding hydrogens is 379 g/mol. The molecule has 0 unspecified atom stereocenters. The zero-order valence-corrected chi connectivity index (χ0v) is 14.7. The molecule has 2 aromatic rings. The maximum Gasteiger partial charge on any atom is 0.387 e. The van der Waals surface area contributed by atoms with Gasteiger partial charge in [0.2, 0.25) is 0 Å². The molecule has 9 heteroatoms. The number of alkyl halides is 2. The SMILES string of the molecule is O=C(O)CCCOc1ccc(CNC(=O)c2ccc(F)cc2OC(F)F)cc1. The van der Waals surface area contributed by atoms with Crippen LogP contribution in [0.3, 0.4) is 0 Å². The van der Waals surface area contributed by atoms with E-state index in [-0.39, 0.29) is 25.1 Å². The van der Waals surface area contributed by atoms with E-state index in [1.807, 2.05) is 0 Å². The summed E-state index contributed by atoms with van der Waals surface area (Å²) >= 11 is 0. The van der Waals surface area contributed by atoms with Crippen LogP contribution in [0.1, 0.15) is 28.8 Å². The fourth-order valence-corrected chi connectivity index (χ4v) is 2.27. The number of ether oxygens (including phenoxy) is 2. The van der Waals surface area contributed by atoms with Gasteiger partial charge < -0.3 is 19.9 Å². The first-order chi connectivity index (χ1) is 13.3. The lowest BCUT2D eigenvalue weighted by Crippen LogP contribution is -2.24. The predicted molar refractivity (Wildman–Crippen MR) is 93.0 cm³/mol. The van der Waals surface area contributed by atoms with Gasteiger partial charge in [0.1, 0.15) is 17.3 Å². The molecule has 0 spiro atoms. The van der Waals surface area contributed by atoms with Crippen molar-refractivity contribution in [2.45, 2.75) is 26.0 Å². The number of carboxylic acids is 1. The van der Waals surface area contributed by atoms with Crippen LogP contribution >= 0.6 is 0 Å². The summed E-state index contributed by atoms with van der Waals surface area (Å²) < 4.78 is 47.6. The van der Waals surface area contributed by atoms with Crippen LogP contribution in [0.4, 0.5) is 13.2 Å². The Bertz CT molecular complexity index is 812. The van der Waals surface area contributed by atoms with Crippen LogP contribution in [-0.2, 0) is 11.3 Å². The van der Waals surface area contributed by atoms with Gasteiger partial charge in [0.25, 0.3) is 5.91 Å². The summed E-state index contributed by atoms with van der Waals surface area (Å²) in [5.74, 6) is -2.38. The molecule has 0 aliphatic heterocycles. The second kappa shape index (κ2) is 10.2. The summed E-state index contributed by atoms with van der Waals surface area (Å²) in [5, 5.41) is 11.1. The summed E-state index contributed by atoms with van der Waals surface area (Å²) in [7, 11) is 0. The quantitative estimate of drug-likeness (QED) is 0.599. The standard InChI is InChI=1S/C19H18F3NO5/c20-13-5-8-15(16(10-13)28-19(21)22)18(26)23-11-12-3-6-14(7-4-12)27-9-1-2-17(24)25/h3-8,10,19H,1-2,9,11H2,(H,23,26)(H,24,25). The van der Waals surface area contributed by atoms with E-state index in [0.717, 1.165) is 18.2 Å². The summed E-state index contributed by atoms with van der Waals surface area (Å²) in [5.41, 5.74) is 0.504. The van der Waals surface area contributed by atoms with Crippen LogP contribution < -0.4 is 14.8 Å². The number of carboxylic acid groups (broad SMARTS) is 1. The lowest BCUT2D eigenvalue weighted by atomic mass is 10.1. The highest BCUT2D eigenvalue weighted by Crippen LogP contribution is 2.22. The number of benzene rings is 2. The van der Waals surface area contributed by atoms with Crippen LogP contribution in [-0.4, -0.2) is 30.2 Å². The zero-order valence-electron chi connectivity index (χ0n) is 14.7. The van der Waals surface area contributed by atoms with Gasteiger partial charge in [0, 0.05) is 19.0 Å². The van der Waals surface area contributed by atoms with Gasteiger partial charge >= 0.3 is 12.6 Å². The maximum atomic E-state index is 13.2. The van der Waals surface area contributed by atoms with Gasteiger partial charge in [-0.05, 0) is 36.2 Å². The van der Waals surface area contributed by atoms with Crippen molar-refractivity contribution < 1.29 is 37.3 Å². The van der Waals surface area contributed by atoms with Crippen molar-refractivity contribution in [1.82, 2.24) is 5.32 Å².